The Bertz CT molecular complexity index is 711. The third kappa shape index (κ3) is 3.43. The molecule has 0 spiro atoms. The van der Waals surface area contributed by atoms with E-state index in [2.05, 4.69) is 10.2 Å². The molecule has 3 rings (SSSR count). The van der Waals surface area contributed by atoms with E-state index in [-0.39, 0.29) is 11.7 Å². The van der Waals surface area contributed by atoms with E-state index in [0.717, 1.165) is 5.56 Å². The number of carbonyl (C=O) groups is 1. The number of rotatable bonds is 4. The summed E-state index contributed by atoms with van der Waals surface area (Å²) in [5.74, 6) is 0.573. The van der Waals surface area contributed by atoms with Crippen molar-refractivity contribution in [2.75, 3.05) is 5.75 Å². The van der Waals surface area contributed by atoms with E-state index in [4.69, 9.17) is 4.42 Å². The smallest absolute Gasteiger partial charge is 0.239 e. The fraction of sp³-hybridized carbons (Fsp3) is 0.133. The maximum absolute atomic E-state index is 12.9. The highest BCUT2D eigenvalue weighted by molar-refractivity contribution is 8.15. The number of benzene rings is 1. The minimum atomic E-state index is -0.303. The fourth-order valence-corrected chi connectivity index (χ4v) is 2.74. The summed E-state index contributed by atoms with van der Waals surface area (Å²) in [6.07, 6.45) is 3.02. The molecule has 1 aromatic heterocycles. The maximum Gasteiger partial charge on any atom is 0.239 e. The van der Waals surface area contributed by atoms with Gasteiger partial charge in [0.25, 0.3) is 0 Å². The van der Waals surface area contributed by atoms with Gasteiger partial charge in [0.2, 0.25) is 5.91 Å². The van der Waals surface area contributed by atoms with Gasteiger partial charge in [-0.25, -0.2) is 4.39 Å². The number of nitrogens with zero attached hydrogens (tertiary/aromatic N) is 3. The SMILES string of the molecule is O=C1CS/C(=N\N=C/c2ccco2)N1Cc1ccc(F)cc1. The summed E-state index contributed by atoms with van der Waals surface area (Å²) in [6.45, 7) is 0.348. The van der Waals surface area contributed by atoms with Gasteiger partial charge in [-0.3, -0.25) is 9.69 Å². The maximum atomic E-state index is 12.9. The predicted octanol–water partition coefficient (Wildman–Crippen LogP) is 2.88. The first kappa shape index (κ1) is 14.5. The first-order valence-corrected chi connectivity index (χ1v) is 7.53. The lowest BCUT2D eigenvalue weighted by Crippen LogP contribution is -2.28. The van der Waals surface area contributed by atoms with Crippen LogP contribution in [0.4, 0.5) is 4.39 Å². The second kappa shape index (κ2) is 6.57. The van der Waals surface area contributed by atoms with Gasteiger partial charge in [-0.15, -0.1) is 5.10 Å². The molecule has 0 N–H and O–H groups in total. The van der Waals surface area contributed by atoms with Crippen LogP contribution in [0.3, 0.4) is 0 Å². The highest BCUT2D eigenvalue weighted by Crippen LogP contribution is 2.22. The number of amidine groups is 1. The minimum absolute atomic E-state index is 0.0405. The van der Waals surface area contributed by atoms with Crippen molar-refractivity contribution in [1.29, 1.82) is 0 Å². The lowest BCUT2D eigenvalue weighted by Gasteiger charge is -2.14. The topological polar surface area (TPSA) is 58.2 Å². The van der Waals surface area contributed by atoms with Crippen molar-refractivity contribution in [2.45, 2.75) is 6.54 Å². The minimum Gasteiger partial charge on any atom is -0.463 e. The molecule has 112 valence electrons. The number of thioether (sulfide) groups is 1. The zero-order valence-corrected chi connectivity index (χ0v) is 12.3. The van der Waals surface area contributed by atoms with Gasteiger partial charge < -0.3 is 4.42 Å². The van der Waals surface area contributed by atoms with Gasteiger partial charge in [-0.1, -0.05) is 23.9 Å². The molecule has 7 heteroatoms. The van der Waals surface area contributed by atoms with E-state index in [0.29, 0.717) is 23.2 Å². The van der Waals surface area contributed by atoms with Crippen LogP contribution in [0.5, 0.6) is 0 Å². The molecule has 1 aliphatic heterocycles. The molecule has 0 aliphatic carbocycles. The van der Waals surface area contributed by atoms with Crippen molar-refractivity contribution in [3.05, 3.63) is 59.8 Å². The van der Waals surface area contributed by atoms with Gasteiger partial charge in [0.1, 0.15) is 11.6 Å². The number of hydrogen-bond donors (Lipinski definition) is 0. The number of furan rings is 1. The van der Waals surface area contributed by atoms with Gasteiger partial charge in [-0.2, -0.15) is 5.10 Å². The van der Waals surface area contributed by atoms with E-state index < -0.39 is 0 Å². The predicted molar refractivity (Wildman–Crippen MR) is 83.1 cm³/mol. The molecule has 0 bridgehead atoms. The third-order valence-electron chi connectivity index (χ3n) is 2.98. The number of carbonyl (C=O) groups excluding carboxylic acids is 1. The molecule has 1 amide bonds. The van der Waals surface area contributed by atoms with E-state index in [1.54, 1.807) is 30.5 Å². The Morgan fingerprint density at radius 3 is 2.86 bits per heavy atom. The summed E-state index contributed by atoms with van der Waals surface area (Å²) in [7, 11) is 0. The zero-order valence-electron chi connectivity index (χ0n) is 11.5. The first-order chi connectivity index (χ1) is 10.7. The van der Waals surface area contributed by atoms with Crippen LogP contribution in [0, 0.1) is 5.82 Å². The van der Waals surface area contributed by atoms with E-state index in [9.17, 15) is 9.18 Å². The largest absolute Gasteiger partial charge is 0.463 e. The van der Waals surface area contributed by atoms with E-state index in [1.807, 2.05) is 0 Å². The lowest BCUT2D eigenvalue weighted by molar-refractivity contribution is -0.124. The molecule has 1 saturated heterocycles. The standard InChI is InChI=1S/C15H12FN3O2S/c16-12-5-3-11(4-6-12)9-19-14(20)10-22-15(19)18-17-8-13-2-1-7-21-13/h1-8H,9-10H2/b17-8-,18-15-. The highest BCUT2D eigenvalue weighted by atomic mass is 32.2. The monoisotopic (exact) mass is 317 g/mol. The molecule has 2 aromatic rings. The molecule has 5 nitrogen and oxygen atoms in total. The van der Waals surface area contributed by atoms with E-state index in [1.165, 1.54) is 35.0 Å². The normalized spacial score (nSPS) is 17.0. The molecule has 1 fully saturated rings. The Morgan fingerprint density at radius 2 is 2.14 bits per heavy atom. The summed E-state index contributed by atoms with van der Waals surface area (Å²) in [5.41, 5.74) is 0.833. The van der Waals surface area contributed by atoms with Gasteiger partial charge >= 0.3 is 0 Å². The summed E-state index contributed by atoms with van der Waals surface area (Å²) in [5, 5.41) is 8.52. The molecule has 0 radical (unpaired) electrons. The Balaban J connectivity index is 1.73. The molecule has 1 aromatic carbocycles. The Kier molecular flexibility index (Phi) is 4.34. The molecule has 22 heavy (non-hydrogen) atoms. The molecule has 2 heterocycles. The van der Waals surface area contributed by atoms with Crippen molar-refractivity contribution in [3.63, 3.8) is 0 Å². The Hall–Kier alpha value is -2.41. The van der Waals surface area contributed by atoms with Crippen LogP contribution < -0.4 is 0 Å². The van der Waals surface area contributed by atoms with Crippen molar-refractivity contribution >= 4 is 29.1 Å². The van der Waals surface area contributed by atoms with Gasteiger partial charge in [0.15, 0.2) is 5.17 Å². The quantitative estimate of drug-likeness (QED) is 0.643. The summed E-state index contributed by atoms with van der Waals surface area (Å²) >= 11 is 1.33. The molecular weight excluding hydrogens is 305 g/mol. The third-order valence-corrected chi connectivity index (χ3v) is 3.93. The van der Waals surface area contributed by atoms with Crippen molar-refractivity contribution in [1.82, 2.24) is 4.90 Å². The molecule has 0 unspecified atom stereocenters. The molecule has 1 aliphatic rings. The van der Waals surface area contributed by atoms with Crippen LogP contribution in [0.25, 0.3) is 0 Å². The lowest BCUT2D eigenvalue weighted by atomic mass is 10.2. The van der Waals surface area contributed by atoms with Crippen LogP contribution in [-0.2, 0) is 11.3 Å². The summed E-state index contributed by atoms with van der Waals surface area (Å²) in [6, 6.07) is 9.55. The fourth-order valence-electron chi connectivity index (χ4n) is 1.90. The molecular formula is C15H12FN3O2S. The van der Waals surface area contributed by atoms with Crippen molar-refractivity contribution in [3.8, 4) is 0 Å². The second-order valence-corrected chi connectivity index (χ2v) is 5.48. The zero-order chi connectivity index (χ0) is 15.4. The van der Waals surface area contributed by atoms with Crippen LogP contribution in [0.15, 0.2) is 57.3 Å². The van der Waals surface area contributed by atoms with Crippen LogP contribution in [-0.4, -0.2) is 27.9 Å². The van der Waals surface area contributed by atoms with E-state index >= 15 is 0 Å². The first-order valence-electron chi connectivity index (χ1n) is 6.54. The van der Waals surface area contributed by atoms with Gasteiger partial charge in [-0.05, 0) is 29.8 Å². The average molecular weight is 317 g/mol. The highest BCUT2D eigenvalue weighted by Gasteiger charge is 2.28. The average Bonchev–Trinajstić information content (AvgIpc) is 3.14. The van der Waals surface area contributed by atoms with Crippen molar-refractivity contribution in [2.24, 2.45) is 10.2 Å². The Labute approximate surface area is 130 Å². The van der Waals surface area contributed by atoms with Crippen LogP contribution in [0.2, 0.25) is 0 Å². The van der Waals surface area contributed by atoms with Crippen LogP contribution >= 0.6 is 11.8 Å². The van der Waals surface area contributed by atoms with Crippen molar-refractivity contribution < 1.29 is 13.6 Å². The summed E-state index contributed by atoms with van der Waals surface area (Å²) < 4.78 is 18.0. The molecule has 0 atom stereocenters. The number of halogens is 1. The number of hydrogen-bond acceptors (Lipinski definition) is 5. The van der Waals surface area contributed by atoms with Gasteiger partial charge in [0.05, 0.1) is 24.8 Å². The Morgan fingerprint density at radius 1 is 1.32 bits per heavy atom. The summed E-state index contributed by atoms with van der Waals surface area (Å²) in [4.78, 5) is 13.5. The second-order valence-electron chi connectivity index (χ2n) is 4.54. The van der Waals surface area contributed by atoms with Gasteiger partial charge in [0, 0.05) is 0 Å². The number of amides is 1. The van der Waals surface area contributed by atoms with Crippen LogP contribution in [0.1, 0.15) is 11.3 Å². The molecule has 0 saturated carbocycles.